The van der Waals surface area contributed by atoms with E-state index in [1.165, 1.54) is 6.07 Å². The van der Waals surface area contributed by atoms with Gasteiger partial charge in [-0.3, -0.25) is 0 Å². The fraction of sp³-hybridized carbons (Fsp3) is 0.875. The Morgan fingerprint density at radius 2 is 2.08 bits per heavy atom. The molecule has 0 spiro atoms. The summed E-state index contributed by atoms with van der Waals surface area (Å²) in [6, 6.07) is 1.25. The highest BCUT2D eigenvalue weighted by Gasteiger charge is 2.39. The van der Waals surface area contributed by atoms with Crippen molar-refractivity contribution >= 4 is 0 Å². The monoisotopic (exact) mass is 192 g/mol. The van der Waals surface area contributed by atoms with Gasteiger partial charge in [-0.2, -0.15) is 18.4 Å². The molecule has 74 valence electrons. The first-order chi connectivity index (χ1) is 6.04. The van der Waals surface area contributed by atoms with Crippen LogP contribution in [0.2, 0.25) is 0 Å². The summed E-state index contributed by atoms with van der Waals surface area (Å²) in [7, 11) is 0. The van der Waals surface area contributed by atoms with Crippen molar-refractivity contribution in [1.82, 2.24) is 5.32 Å². The number of nitrogens with one attached hydrogen (secondary N) is 1. The molecule has 1 unspecified atom stereocenters. The smallest absolute Gasteiger partial charge is 0.315 e. The minimum absolute atomic E-state index is 0.281. The van der Waals surface area contributed by atoms with Crippen LogP contribution < -0.4 is 5.32 Å². The Kier molecular flexibility index (Phi) is 3.15. The molecule has 13 heavy (non-hydrogen) atoms. The summed E-state index contributed by atoms with van der Waals surface area (Å²) in [5.41, 5.74) is 0. The molecule has 0 aliphatic heterocycles. The van der Waals surface area contributed by atoms with Gasteiger partial charge >= 0.3 is 6.18 Å². The molecule has 0 saturated heterocycles. The summed E-state index contributed by atoms with van der Waals surface area (Å²) < 4.78 is 36.0. The normalized spacial score (nSPS) is 19.5. The highest BCUT2D eigenvalue weighted by molar-refractivity contribution is 4.90. The Hall–Kier alpha value is -0.760. The minimum Gasteiger partial charge on any atom is -0.315 e. The van der Waals surface area contributed by atoms with E-state index in [1.807, 2.05) is 0 Å². The second-order valence-corrected chi connectivity index (χ2v) is 3.32. The summed E-state index contributed by atoms with van der Waals surface area (Å²) in [5, 5.41) is 10.9. The molecular weight excluding hydrogens is 181 g/mol. The van der Waals surface area contributed by atoms with Crippen LogP contribution in [0.15, 0.2) is 0 Å². The molecule has 0 aromatic rings. The van der Waals surface area contributed by atoms with Crippen molar-refractivity contribution in [2.45, 2.75) is 19.0 Å². The lowest BCUT2D eigenvalue weighted by Gasteiger charge is -2.13. The number of hydrogen-bond donors (Lipinski definition) is 1. The maximum Gasteiger partial charge on any atom is 0.405 e. The van der Waals surface area contributed by atoms with Gasteiger partial charge in [0.05, 0.1) is 6.07 Å². The van der Waals surface area contributed by atoms with Crippen LogP contribution in [0.4, 0.5) is 13.2 Å². The van der Waals surface area contributed by atoms with Crippen molar-refractivity contribution in [3.63, 3.8) is 0 Å². The standard InChI is InChI=1S/C8H11F3N2/c9-8(10,11)7(3-12)5-13-4-6-1-2-6/h6-7,13H,1-2,4-5H2. The lowest BCUT2D eigenvalue weighted by atomic mass is 10.1. The zero-order valence-corrected chi connectivity index (χ0v) is 7.06. The van der Waals surface area contributed by atoms with Crippen LogP contribution in [0.3, 0.4) is 0 Å². The van der Waals surface area contributed by atoms with E-state index in [4.69, 9.17) is 5.26 Å². The maximum atomic E-state index is 12.0. The van der Waals surface area contributed by atoms with E-state index in [1.54, 1.807) is 0 Å². The van der Waals surface area contributed by atoms with Crippen LogP contribution >= 0.6 is 0 Å². The maximum absolute atomic E-state index is 12.0. The van der Waals surface area contributed by atoms with E-state index >= 15 is 0 Å². The third-order valence-electron chi connectivity index (χ3n) is 2.03. The molecule has 0 radical (unpaired) electrons. The predicted octanol–water partition coefficient (Wildman–Crippen LogP) is 1.69. The number of nitrogens with zero attached hydrogens (tertiary/aromatic N) is 1. The molecule has 0 bridgehead atoms. The predicted molar refractivity (Wildman–Crippen MR) is 40.8 cm³/mol. The Morgan fingerprint density at radius 1 is 1.46 bits per heavy atom. The SMILES string of the molecule is N#CC(CNCC1CC1)C(F)(F)F. The first kappa shape index (κ1) is 10.3. The minimum atomic E-state index is -4.40. The second-order valence-electron chi connectivity index (χ2n) is 3.32. The van der Waals surface area contributed by atoms with Crippen molar-refractivity contribution in [3.05, 3.63) is 0 Å². The topological polar surface area (TPSA) is 35.8 Å². The van der Waals surface area contributed by atoms with Gasteiger partial charge in [-0.05, 0) is 25.3 Å². The Labute approximate surface area is 74.7 Å². The summed E-state index contributed by atoms with van der Waals surface area (Å²) >= 11 is 0. The third-order valence-corrected chi connectivity index (χ3v) is 2.03. The Balaban J connectivity index is 2.19. The van der Waals surface area contributed by atoms with Gasteiger partial charge in [-0.25, -0.2) is 0 Å². The van der Waals surface area contributed by atoms with E-state index in [0.717, 1.165) is 12.8 Å². The van der Waals surface area contributed by atoms with E-state index in [-0.39, 0.29) is 6.54 Å². The van der Waals surface area contributed by atoms with E-state index in [0.29, 0.717) is 12.5 Å². The van der Waals surface area contributed by atoms with Gasteiger partial charge < -0.3 is 5.32 Å². The largest absolute Gasteiger partial charge is 0.405 e. The molecule has 2 nitrogen and oxygen atoms in total. The van der Waals surface area contributed by atoms with Crippen LogP contribution in [-0.4, -0.2) is 19.3 Å². The third kappa shape index (κ3) is 3.64. The zero-order valence-electron chi connectivity index (χ0n) is 7.06. The molecule has 1 aliphatic rings. The highest BCUT2D eigenvalue weighted by Crippen LogP contribution is 2.28. The number of nitriles is 1. The Bertz CT molecular complexity index is 202. The van der Waals surface area contributed by atoms with Crippen LogP contribution in [-0.2, 0) is 0 Å². The van der Waals surface area contributed by atoms with Gasteiger partial charge in [-0.1, -0.05) is 0 Å². The molecular formula is C8H11F3N2. The molecule has 0 aromatic carbocycles. The lowest BCUT2D eigenvalue weighted by Crippen LogP contribution is -2.33. The average molecular weight is 192 g/mol. The molecule has 0 heterocycles. The van der Waals surface area contributed by atoms with Gasteiger partial charge in [0.2, 0.25) is 0 Å². The van der Waals surface area contributed by atoms with E-state index in [2.05, 4.69) is 5.32 Å². The first-order valence-corrected chi connectivity index (χ1v) is 4.21. The summed E-state index contributed by atoms with van der Waals surface area (Å²) in [6.45, 7) is 0.324. The van der Waals surface area contributed by atoms with Gasteiger partial charge in [0, 0.05) is 6.54 Å². The summed E-state index contributed by atoms with van der Waals surface area (Å²) in [6.07, 6.45) is -2.21. The number of rotatable bonds is 4. The molecule has 5 heteroatoms. The van der Waals surface area contributed by atoms with Crippen LogP contribution in [0.25, 0.3) is 0 Å². The van der Waals surface area contributed by atoms with E-state index < -0.39 is 12.1 Å². The highest BCUT2D eigenvalue weighted by atomic mass is 19.4. The molecule has 1 rings (SSSR count). The number of alkyl halides is 3. The van der Waals surface area contributed by atoms with Crippen molar-refractivity contribution in [1.29, 1.82) is 5.26 Å². The molecule has 0 amide bonds. The fourth-order valence-corrected chi connectivity index (χ4v) is 0.988. The summed E-state index contributed by atoms with van der Waals surface area (Å²) in [4.78, 5) is 0. The quantitative estimate of drug-likeness (QED) is 0.735. The van der Waals surface area contributed by atoms with Crippen molar-refractivity contribution in [2.75, 3.05) is 13.1 Å². The second kappa shape index (κ2) is 3.97. The van der Waals surface area contributed by atoms with Crippen molar-refractivity contribution in [2.24, 2.45) is 11.8 Å². The van der Waals surface area contributed by atoms with Gasteiger partial charge in [-0.15, -0.1) is 0 Å². The molecule has 1 aliphatic carbocycles. The lowest BCUT2D eigenvalue weighted by molar-refractivity contribution is -0.157. The summed E-state index contributed by atoms with van der Waals surface area (Å²) in [5.74, 6) is -1.33. The molecule has 1 atom stereocenters. The fourth-order valence-electron chi connectivity index (χ4n) is 0.988. The molecule has 1 N–H and O–H groups in total. The molecule has 1 fully saturated rings. The van der Waals surface area contributed by atoms with Crippen molar-refractivity contribution < 1.29 is 13.2 Å². The molecule has 1 saturated carbocycles. The van der Waals surface area contributed by atoms with Crippen LogP contribution in [0.1, 0.15) is 12.8 Å². The van der Waals surface area contributed by atoms with Gasteiger partial charge in [0.25, 0.3) is 0 Å². The molecule has 0 aromatic heterocycles. The Morgan fingerprint density at radius 3 is 2.46 bits per heavy atom. The van der Waals surface area contributed by atoms with Gasteiger partial charge in [0.1, 0.15) is 0 Å². The van der Waals surface area contributed by atoms with E-state index in [9.17, 15) is 13.2 Å². The average Bonchev–Trinajstić information content (AvgIpc) is 2.78. The first-order valence-electron chi connectivity index (χ1n) is 4.21. The number of hydrogen-bond acceptors (Lipinski definition) is 2. The van der Waals surface area contributed by atoms with Crippen LogP contribution in [0, 0.1) is 23.2 Å². The zero-order chi connectivity index (χ0) is 9.90. The number of halogens is 3. The van der Waals surface area contributed by atoms with Crippen LogP contribution in [0.5, 0.6) is 0 Å². The van der Waals surface area contributed by atoms with Crippen molar-refractivity contribution in [3.8, 4) is 6.07 Å². The van der Waals surface area contributed by atoms with Gasteiger partial charge in [0.15, 0.2) is 5.92 Å².